The summed E-state index contributed by atoms with van der Waals surface area (Å²) in [5, 5.41) is 6.56. The van der Waals surface area contributed by atoms with Crippen LogP contribution in [0, 0.1) is 0 Å². The van der Waals surface area contributed by atoms with Crippen molar-refractivity contribution in [2.75, 3.05) is 11.9 Å². The van der Waals surface area contributed by atoms with Crippen molar-refractivity contribution in [3.05, 3.63) is 47.6 Å². The Hall–Kier alpha value is -2.61. The van der Waals surface area contributed by atoms with Gasteiger partial charge in [0.15, 0.2) is 0 Å². The number of halogens is 4. The van der Waals surface area contributed by atoms with Crippen LogP contribution in [-0.2, 0) is 0 Å². The second kappa shape index (κ2) is 6.48. The Morgan fingerprint density at radius 3 is 2.75 bits per heavy atom. The standard InChI is InChI=1S/C15H10ClF3N4O/c16-10-4-1-3-9(7-10)12-22-14(24-23-12)11-5-2-6-20-13(11)21-8-15(17,18)19/h1-7H,8H2,(H,20,21). The minimum Gasteiger partial charge on any atom is -0.361 e. The average Bonchev–Trinajstić information content (AvgIpc) is 3.02. The van der Waals surface area contributed by atoms with Crippen LogP contribution >= 0.6 is 11.6 Å². The van der Waals surface area contributed by atoms with Gasteiger partial charge < -0.3 is 9.84 Å². The van der Waals surface area contributed by atoms with E-state index < -0.39 is 12.7 Å². The molecule has 0 bridgehead atoms. The Labute approximate surface area is 139 Å². The van der Waals surface area contributed by atoms with E-state index >= 15 is 0 Å². The zero-order valence-electron chi connectivity index (χ0n) is 12.0. The number of alkyl halides is 3. The van der Waals surface area contributed by atoms with E-state index in [-0.39, 0.29) is 23.1 Å². The maximum atomic E-state index is 12.4. The summed E-state index contributed by atoms with van der Waals surface area (Å²) in [7, 11) is 0. The highest BCUT2D eigenvalue weighted by Gasteiger charge is 2.27. The zero-order chi connectivity index (χ0) is 17.2. The van der Waals surface area contributed by atoms with Crippen molar-refractivity contribution in [3.63, 3.8) is 0 Å². The van der Waals surface area contributed by atoms with Crippen molar-refractivity contribution in [2.45, 2.75) is 6.18 Å². The summed E-state index contributed by atoms with van der Waals surface area (Å²) in [6, 6.07) is 9.94. The molecule has 0 saturated carbocycles. The number of nitrogens with zero attached hydrogens (tertiary/aromatic N) is 3. The second-order valence-corrected chi connectivity index (χ2v) is 5.24. The molecule has 3 rings (SSSR count). The van der Waals surface area contributed by atoms with Gasteiger partial charge in [0, 0.05) is 16.8 Å². The molecule has 0 unspecified atom stereocenters. The fourth-order valence-electron chi connectivity index (χ4n) is 1.98. The Morgan fingerprint density at radius 1 is 1.17 bits per heavy atom. The van der Waals surface area contributed by atoms with Crippen molar-refractivity contribution < 1.29 is 17.7 Å². The van der Waals surface area contributed by atoms with E-state index in [1.165, 1.54) is 6.20 Å². The zero-order valence-corrected chi connectivity index (χ0v) is 12.8. The minimum atomic E-state index is -4.37. The molecule has 124 valence electrons. The van der Waals surface area contributed by atoms with Gasteiger partial charge in [0.05, 0.1) is 5.56 Å². The fourth-order valence-corrected chi connectivity index (χ4v) is 2.17. The van der Waals surface area contributed by atoms with Crippen LogP contribution < -0.4 is 5.32 Å². The van der Waals surface area contributed by atoms with Crippen LogP contribution in [0.3, 0.4) is 0 Å². The fraction of sp³-hybridized carbons (Fsp3) is 0.133. The van der Waals surface area contributed by atoms with Gasteiger partial charge in [0.2, 0.25) is 5.82 Å². The largest absolute Gasteiger partial charge is 0.405 e. The van der Waals surface area contributed by atoms with Crippen molar-refractivity contribution in [2.24, 2.45) is 0 Å². The molecule has 0 aliphatic carbocycles. The highest BCUT2D eigenvalue weighted by atomic mass is 35.5. The lowest BCUT2D eigenvalue weighted by molar-refractivity contribution is -0.115. The van der Waals surface area contributed by atoms with Gasteiger partial charge in [-0.05, 0) is 24.3 Å². The molecule has 1 N–H and O–H groups in total. The number of pyridine rings is 1. The maximum Gasteiger partial charge on any atom is 0.405 e. The summed E-state index contributed by atoms with van der Waals surface area (Å²) in [6.45, 7) is -1.22. The first-order chi connectivity index (χ1) is 11.4. The molecule has 24 heavy (non-hydrogen) atoms. The van der Waals surface area contributed by atoms with E-state index in [2.05, 4.69) is 20.4 Å². The first-order valence-corrected chi connectivity index (χ1v) is 7.16. The smallest absolute Gasteiger partial charge is 0.361 e. The summed E-state index contributed by atoms with van der Waals surface area (Å²) >= 11 is 5.92. The lowest BCUT2D eigenvalue weighted by Crippen LogP contribution is -2.22. The molecule has 0 aliphatic rings. The number of hydrogen-bond acceptors (Lipinski definition) is 5. The summed E-state index contributed by atoms with van der Waals surface area (Å²) in [6.07, 6.45) is -2.99. The van der Waals surface area contributed by atoms with Gasteiger partial charge in [-0.15, -0.1) is 0 Å². The van der Waals surface area contributed by atoms with Crippen LogP contribution in [0.25, 0.3) is 22.8 Å². The molecule has 0 saturated heterocycles. The van der Waals surface area contributed by atoms with Crippen LogP contribution in [0.4, 0.5) is 19.0 Å². The molecule has 5 nitrogen and oxygen atoms in total. The summed E-state index contributed by atoms with van der Waals surface area (Å²) in [5.74, 6) is 0.344. The SMILES string of the molecule is FC(F)(F)CNc1ncccc1-c1nc(-c2cccc(Cl)c2)no1. The van der Waals surface area contributed by atoms with Crippen LogP contribution in [0.5, 0.6) is 0 Å². The van der Waals surface area contributed by atoms with Gasteiger partial charge in [-0.3, -0.25) is 0 Å². The number of anilines is 1. The van der Waals surface area contributed by atoms with E-state index in [4.69, 9.17) is 16.1 Å². The Kier molecular flexibility index (Phi) is 4.39. The van der Waals surface area contributed by atoms with Crippen molar-refractivity contribution in [1.29, 1.82) is 0 Å². The molecule has 0 radical (unpaired) electrons. The monoisotopic (exact) mass is 354 g/mol. The molecule has 3 aromatic rings. The number of hydrogen-bond donors (Lipinski definition) is 1. The summed E-state index contributed by atoms with van der Waals surface area (Å²) in [4.78, 5) is 8.09. The van der Waals surface area contributed by atoms with E-state index in [0.717, 1.165) is 0 Å². The second-order valence-electron chi connectivity index (χ2n) is 4.80. The third-order valence-corrected chi connectivity index (χ3v) is 3.24. The Balaban J connectivity index is 1.90. The maximum absolute atomic E-state index is 12.4. The molecular weight excluding hydrogens is 345 g/mol. The lowest BCUT2D eigenvalue weighted by Gasteiger charge is -2.10. The van der Waals surface area contributed by atoms with Gasteiger partial charge in [-0.2, -0.15) is 18.2 Å². The van der Waals surface area contributed by atoms with Gasteiger partial charge in [-0.1, -0.05) is 28.9 Å². The number of rotatable bonds is 4. The highest BCUT2D eigenvalue weighted by molar-refractivity contribution is 6.30. The van der Waals surface area contributed by atoms with E-state index in [1.54, 1.807) is 36.4 Å². The van der Waals surface area contributed by atoms with Gasteiger partial charge in [0.1, 0.15) is 12.4 Å². The molecule has 1 aromatic carbocycles. The number of aromatic nitrogens is 3. The number of benzene rings is 1. The molecule has 0 atom stereocenters. The predicted octanol–water partition coefficient (Wildman–Crippen LogP) is 4.43. The first-order valence-electron chi connectivity index (χ1n) is 6.78. The highest BCUT2D eigenvalue weighted by Crippen LogP contribution is 2.28. The summed E-state index contributed by atoms with van der Waals surface area (Å²) < 4.78 is 42.3. The first kappa shape index (κ1) is 16.3. The van der Waals surface area contributed by atoms with E-state index in [1.807, 2.05) is 0 Å². The molecule has 0 fully saturated rings. The van der Waals surface area contributed by atoms with Crippen molar-refractivity contribution in [3.8, 4) is 22.8 Å². The number of nitrogens with one attached hydrogen (secondary N) is 1. The quantitative estimate of drug-likeness (QED) is 0.751. The Morgan fingerprint density at radius 2 is 2.00 bits per heavy atom. The lowest BCUT2D eigenvalue weighted by atomic mass is 10.2. The molecule has 0 amide bonds. The molecule has 2 aromatic heterocycles. The topological polar surface area (TPSA) is 63.8 Å². The van der Waals surface area contributed by atoms with Gasteiger partial charge in [-0.25, -0.2) is 4.98 Å². The van der Waals surface area contributed by atoms with Crippen LogP contribution in [0.15, 0.2) is 47.1 Å². The minimum absolute atomic E-state index is 0.0103. The van der Waals surface area contributed by atoms with E-state index in [0.29, 0.717) is 10.6 Å². The summed E-state index contributed by atoms with van der Waals surface area (Å²) in [5.41, 5.74) is 0.911. The van der Waals surface area contributed by atoms with Crippen LogP contribution in [0.2, 0.25) is 5.02 Å². The molecular formula is C15H10ClF3N4O. The predicted molar refractivity (Wildman–Crippen MR) is 82.5 cm³/mol. The molecule has 9 heteroatoms. The average molecular weight is 355 g/mol. The third kappa shape index (κ3) is 3.83. The van der Waals surface area contributed by atoms with Gasteiger partial charge >= 0.3 is 6.18 Å². The van der Waals surface area contributed by atoms with Crippen molar-refractivity contribution in [1.82, 2.24) is 15.1 Å². The van der Waals surface area contributed by atoms with Gasteiger partial charge in [0.25, 0.3) is 5.89 Å². The normalized spacial score (nSPS) is 11.5. The molecule has 2 heterocycles. The Bertz CT molecular complexity index is 850. The third-order valence-electron chi connectivity index (χ3n) is 3.00. The van der Waals surface area contributed by atoms with E-state index in [9.17, 15) is 13.2 Å². The van der Waals surface area contributed by atoms with Crippen LogP contribution in [-0.4, -0.2) is 27.8 Å². The molecule has 0 spiro atoms. The van der Waals surface area contributed by atoms with Crippen LogP contribution in [0.1, 0.15) is 0 Å². The molecule has 0 aliphatic heterocycles. The van der Waals surface area contributed by atoms with Crippen molar-refractivity contribution >= 4 is 17.4 Å².